The highest BCUT2D eigenvalue weighted by Crippen LogP contribution is 2.38. The van der Waals surface area contributed by atoms with Crippen molar-refractivity contribution in [3.8, 4) is 11.5 Å². The molecular weight excluding hydrogens is 538 g/mol. The number of carbonyl (C=O) groups excluding carboxylic acids is 2. The zero-order valence-corrected chi connectivity index (χ0v) is 23.0. The first-order valence-electron chi connectivity index (χ1n) is 12.2. The summed E-state index contributed by atoms with van der Waals surface area (Å²) in [6.07, 6.45) is 2.52. The van der Waals surface area contributed by atoms with Crippen molar-refractivity contribution in [1.82, 2.24) is 4.98 Å². The second-order valence-corrected chi connectivity index (χ2v) is 8.82. The Balaban J connectivity index is 1.80. The monoisotopic (exact) mass is 566 g/mol. The van der Waals surface area contributed by atoms with Crippen molar-refractivity contribution in [2.75, 3.05) is 44.3 Å². The molecule has 41 heavy (non-hydrogen) atoms. The van der Waals surface area contributed by atoms with E-state index in [-0.39, 0.29) is 28.5 Å². The normalized spacial score (nSPS) is 10.8. The van der Waals surface area contributed by atoms with Crippen LogP contribution in [0.15, 0.2) is 47.5 Å². The minimum absolute atomic E-state index is 0.184. The van der Waals surface area contributed by atoms with Gasteiger partial charge in [-0.25, -0.2) is 13.8 Å². The summed E-state index contributed by atoms with van der Waals surface area (Å²) in [5, 5.41) is 9.26. The molecule has 0 aliphatic heterocycles. The van der Waals surface area contributed by atoms with Gasteiger partial charge < -0.3 is 34.6 Å². The predicted molar refractivity (Wildman–Crippen MR) is 150 cm³/mol. The first-order chi connectivity index (χ1) is 19.7. The van der Waals surface area contributed by atoms with Gasteiger partial charge in [-0.15, -0.1) is 0 Å². The fraction of sp³-hybridized carbons (Fsp3) is 0.207. The number of rotatable bonds is 11. The summed E-state index contributed by atoms with van der Waals surface area (Å²) in [4.78, 5) is 29.9. The zero-order chi connectivity index (χ0) is 29.8. The largest absolute Gasteiger partial charge is 0.494 e. The molecule has 0 aliphatic rings. The Kier molecular flexibility index (Phi) is 8.53. The van der Waals surface area contributed by atoms with E-state index in [1.807, 2.05) is 13.0 Å². The van der Waals surface area contributed by atoms with Crippen molar-refractivity contribution in [3.05, 3.63) is 77.2 Å². The maximum absolute atomic E-state index is 15.1. The molecular formula is C29H28F2N4O6. The Bertz CT molecular complexity index is 1640. The number of carbonyl (C=O) groups is 2. The molecule has 1 amide bonds. The average molecular weight is 567 g/mol. The summed E-state index contributed by atoms with van der Waals surface area (Å²) in [5.41, 5.74) is 2.13. The van der Waals surface area contributed by atoms with Crippen LogP contribution in [0.5, 0.6) is 11.5 Å². The van der Waals surface area contributed by atoms with Gasteiger partial charge in [0.2, 0.25) is 11.7 Å². The van der Waals surface area contributed by atoms with Crippen molar-refractivity contribution in [1.29, 1.82) is 0 Å². The lowest BCUT2D eigenvalue weighted by Crippen LogP contribution is -2.11. The molecule has 0 radical (unpaired) electrons. The van der Waals surface area contributed by atoms with Crippen LogP contribution in [0.25, 0.3) is 11.0 Å². The van der Waals surface area contributed by atoms with E-state index in [0.29, 0.717) is 29.2 Å². The molecule has 0 saturated heterocycles. The SMILES string of the molecule is C=CC(=O)Nc1cc(COC)cc(C)c1Nc1cc2c(NC)c(C(=O)c3c(F)c(OC)cc(OC)c3F)oc2cn1. The van der Waals surface area contributed by atoms with E-state index >= 15 is 8.78 Å². The van der Waals surface area contributed by atoms with Gasteiger partial charge in [0.1, 0.15) is 11.4 Å². The second kappa shape index (κ2) is 12.0. The number of nitrogens with zero attached hydrogens (tertiary/aromatic N) is 1. The average Bonchev–Trinajstić information content (AvgIpc) is 3.33. The van der Waals surface area contributed by atoms with Crippen LogP contribution in [0, 0.1) is 18.6 Å². The lowest BCUT2D eigenvalue weighted by Gasteiger charge is -2.17. The van der Waals surface area contributed by atoms with Gasteiger partial charge in [-0.3, -0.25) is 9.59 Å². The van der Waals surface area contributed by atoms with Gasteiger partial charge >= 0.3 is 0 Å². The van der Waals surface area contributed by atoms with Crippen molar-refractivity contribution in [2.45, 2.75) is 13.5 Å². The minimum Gasteiger partial charge on any atom is -0.494 e. The van der Waals surface area contributed by atoms with Gasteiger partial charge in [-0.05, 0) is 36.3 Å². The molecule has 3 N–H and O–H groups in total. The smallest absolute Gasteiger partial charge is 0.247 e. The van der Waals surface area contributed by atoms with Crippen molar-refractivity contribution < 1.29 is 37.0 Å². The number of methoxy groups -OCH3 is 3. The van der Waals surface area contributed by atoms with Crippen LogP contribution in [-0.2, 0) is 16.1 Å². The topological polar surface area (TPSA) is 124 Å². The summed E-state index contributed by atoms with van der Waals surface area (Å²) in [7, 11) is 5.48. The number of aromatic nitrogens is 1. The van der Waals surface area contributed by atoms with Crippen LogP contribution >= 0.6 is 0 Å². The number of amides is 1. The Morgan fingerprint density at radius 3 is 2.32 bits per heavy atom. The van der Waals surface area contributed by atoms with E-state index in [1.54, 1.807) is 19.2 Å². The summed E-state index contributed by atoms with van der Waals surface area (Å²) in [6, 6.07) is 6.27. The third-order valence-corrected chi connectivity index (χ3v) is 6.24. The third-order valence-electron chi connectivity index (χ3n) is 6.24. The number of ketones is 1. The molecule has 2 aromatic carbocycles. The van der Waals surface area contributed by atoms with Gasteiger partial charge in [0.05, 0.1) is 44.1 Å². The Hall–Kier alpha value is -4.97. The van der Waals surface area contributed by atoms with E-state index in [4.69, 9.17) is 18.6 Å². The maximum Gasteiger partial charge on any atom is 0.247 e. The Labute approximate surface area is 234 Å². The van der Waals surface area contributed by atoms with Gasteiger partial charge in [0.25, 0.3) is 0 Å². The first-order valence-corrected chi connectivity index (χ1v) is 12.2. The number of nitrogens with one attached hydrogen (secondary N) is 3. The summed E-state index contributed by atoms with van der Waals surface area (Å²) < 4.78 is 51.0. The molecule has 0 bridgehead atoms. The molecule has 0 fully saturated rings. The number of halogens is 2. The lowest BCUT2D eigenvalue weighted by molar-refractivity contribution is -0.111. The van der Waals surface area contributed by atoms with Crippen LogP contribution in [0.4, 0.5) is 31.7 Å². The number of aryl methyl sites for hydroxylation is 1. The van der Waals surface area contributed by atoms with E-state index in [0.717, 1.165) is 23.3 Å². The number of hydrogen-bond donors (Lipinski definition) is 3. The van der Waals surface area contributed by atoms with Crippen LogP contribution in [-0.4, -0.2) is 45.1 Å². The van der Waals surface area contributed by atoms with E-state index < -0.39 is 28.9 Å². The standard InChI is InChI=1S/C29H28F2N4O6/c1-7-22(36)34-17-9-15(13-38-4)8-14(2)26(17)35-21-10-16-20(12-33-21)41-29(27(16)32-3)28(37)23-24(30)18(39-5)11-19(40-6)25(23)31/h7-12,32H,1,13H2,2-6H3,(H,33,35)(H,34,36). The lowest BCUT2D eigenvalue weighted by atomic mass is 10.0. The molecule has 4 rings (SSSR count). The second-order valence-electron chi connectivity index (χ2n) is 8.82. The molecule has 0 atom stereocenters. The molecule has 0 spiro atoms. The number of hydrogen-bond acceptors (Lipinski definition) is 9. The molecule has 10 nitrogen and oxygen atoms in total. The fourth-order valence-electron chi connectivity index (χ4n) is 4.37. The number of furan rings is 1. The van der Waals surface area contributed by atoms with Crippen LogP contribution in [0.2, 0.25) is 0 Å². The number of pyridine rings is 1. The highest BCUT2D eigenvalue weighted by Gasteiger charge is 2.31. The van der Waals surface area contributed by atoms with Crippen molar-refractivity contribution in [3.63, 3.8) is 0 Å². The minimum atomic E-state index is -1.19. The van der Waals surface area contributed by atoms with Gasteiger partial charge in [0.15, 0.2) is 34.5 Å². The van der Waals surface area contributed by atoms with Crippen LogP contribution in [0.1, 0.15) is 27.2 Å². The Morgan fingerprint density at radius 2 is 1.73 bits per heavy atom. The Morgan fingerprint density at radius 1 is 1.05 bits per heavy atom. The quantitative estimate of drug-likeness (QED) is 0.154. The summed E-state index contributed by atoms with van der Waals surface area (Å²) >= 11 is 0. The number of ether oxygens (including phenoxy) is 3. The first kappa shape index (κ1) is 29.0. The highest BCUT2D eigenvalue weighted by molar-refractivity contribution is 6.15. The molecule has 2 aromatic heterocycles. The van der Waals surface area contributed by atoms with Gasteiger partial charge in [-0.1, -0.05) is 12.6 Å². The number of anilines is 4. The van der Waals surface area contributed by atoms with Crippen LogP contribution < -0.4 is 25.4 Å². The van der Waals surface area contributed by atoms with E-state index in [2.05, 4.69) is 27.5 Å². The van der Waals surface area contributed by atoms with Gasteiger partial charge in [0, 0.05) is 25.6 Å². The van der Waals surface area contributed by atoms with Crippen LogP contribution in [0.3, 0.4) is 0 Å². The van der Waals surface area contributed by atoms with Crippen molar-refractivity contribution in [2.24, 2.45) is 0 Å². The third kappa shape index (κ3) is 5.54. The van der Waals surface area contributed by atoms with Crippen molar-refractivity contribution >= 4 is 45.5 Å². The summed E-state index contributed by atoms with van der Waals surface area (Å²) in [6.45, 7) is 5.68. The zero-order valence-electron chi connectivity index (χ0n) is 23.0. The van der Waals surface area contributed by atoms with E-state index in [9.17, 15) is 9.59 Å². The molecule has 2 heterocycles. The fourth-order valence-corrected chi connectivity index (χ4v) is 4.37. The highest BCUT2D eigenvalue weighted by atomic mass is 19.1. The number of fused-ring (bicyclic) bond motifs is 1. The van der Waals surface area contributed by atoms with Gasteiger partial charge in [-0.2, -0.15) is 0 Å². The molecule has 4 aromatic rings. The maximum atomic E-state index is 15.1. The molecule has 12 heteroatoms. The summed E-state index contributed by atoms with van der Waals surface area (Å²) in [5.74, 6) is -4.60. The van der Waals surface area contributed by atoms with E-state index in [1.165, 1.54) is 27.5 Å². The molecule has 0 saturated carbocycles. The molecule has 0 unspecified atom stereocenters. The molecule has 0 aliphatic carbocycles. The number of benzene rings is 2. The predicted octanol–water partition coefficient (Wildman–Crippen LogP) is 5.72. The molecule has 214 valence electrons.